The zero-order chi connectivity index (χ0) is 20.3. The van der Waals surface area contributed by atoms with Gasteiger partial charge in [-0.25, -0.2) is 0 Å². The van der Waals surface area contributed by atoms with Gasteiger partial charge in [-0.2, -0.15) is 0 Å². The third-order valence-corrected chi connectivity index (χ3v) is 6.42. The number of amides is 2. The van der Waals surface area contributed by atoms with Crippen molar-refractivity contribution in [3.8, 4) is 0 Å². The van der Waals surface area contributed by atoms with Crippen LogP contribution in [-0.2, 0) is 16.1 Å². The van der Waals surface area contributed by atoms with Crippen LogP contribution in [0.1, 0.15) is 63.4 Å². The maximum absolute atomic E-state index is 12.8. The third-order valence-electron chi connectivity index (χ3n) is 6.42. The van der Waals surface area contributed by atoms with E-state index in [4.69, 9.17) is 0 Å². The van der Waals surface area contributed by atoms with Gasteiger partial charge in [-0.15, -0.1) is 0 Å². The van der Waals surface area contributed by atoms with E-state index < -0.39 is 0 Å². The fraction of sp³-hybridized carbons (Fsp3) is 0.667. The molecule has 0 aromatic heterocycles. The Kier molecular flexibility index (Phi) is 9.00. The standard InChI is InChI=1S/C24H37N3O2/c28-23-14-17-27(19-21-10-5-2-6-11-21)16-7-12-22(13-15-25-23)24(29)26-18-20-8-3-1-4-9-20/h1,3-4,8-9,21-22H,2,5-7,10-19H2,(H,25,28)(H,26,29). The Labute approximate surface area is 175 Å². The highest BCUT2D eigenvalue weighted by Crippen LogP contribution is 2.25. The van der Waals surface area contributed by atoms with E-state index in [1.807, 2.05) is 30.3 Å². The summed E-state index contributed by atoms with van der Waals surface area (Å²) in [6.07, 6.45) is 9.92. The molecule has 1 atom stereocenters. The fourth-order valence-corrected chi connectivity index (χ4v) is 4.66. The van der Waals surface area contributed by atoms with Gasteiger partial charge in [0.25, 0.3) is 0 Å². The monoisotopic (exact) mass is 399 g/mol. The first kappa shape index (κ1) is 21.8. The van der Waals surface area contributed by atoms with Crippen LogP contribution in [-0.4, -0.2) is 42.9 Å². The molecule has 1 aromatic rings. The highest BCUT2D eigenvalue weighted by molar-refractivity contribution is 5.79. The number of hydrogen-bond donors (Lipinski definition) is 2. The Morgan fingerprint density at radius 1 is 1.00 bits per heavy atom. The predicted octanol–water partition coefficient (Wildman–Crippen LogP) is 3.49. The van der Waals surface area contributed by atoms with Gasteiger partial charge in [-0.3, -0.25) is 9.59 Å². The molecule has 3 rings (SSSR count). The first-order valence-corrected chi connectivity index (χ1v) is 11.5. The predicted molar refractivity (Wildman–Crippen MR) is 116 cm³/mol. The molecule has 1 heterocycles. The average Bonchev–Trinajstić information content (AvgIpc) is 2.79. The largest absolute Gasteiger partial charge is 0.356 e. The minimum atomic E-state index is -0.0337. The zero-order valence-electron chi connectivity index (χ0n) is 17.7. The molecule has 1 saturated carbocycles. The highest BCUT2D eigenvalue weighted by Gasteiger charge is 2.22. The van der Waals surface area contributed by atoms with Gasteiger partial charge in [0.1, 0.15) is 0 Å². The lowest BCUT2D eigenvalue weighted by atomic mass is 9.89. The molecule has 2 amide bonds. The van der Waals surface area contributed by atoms with Gasteiger partial charge in [0, 0.05) is 38.5 Å². The first-order valence-electron chi connectivity index (χ1n) is 11.5. The SMILES string of the molecule is O=C1CCN(CC2CCCCC2)CCCC(C(=O)NCc2ccccc2)CCN1. The maximum atomic E-state index is 12.8. The van der Waals surface area contributed by atoms with Crippen LogP contribution >= 0.6 is 0 Å². The van der Waals surface area contributed by atoms with Crippen molar-refractivity contribution in [1.29, 1.82) is 0 Å². The molecule has 0 spiro atoms. The molecule has 2 fully saturated rings. The first-order chi connectivity index (χ1) is 14.2. The Bertz CT molecular complexity index is 628. The molecule has 1 aromatic carbocycles. The maximum Gasteiger partial charge on any atom is 0.223 e. The van der Waals surface area contributed by atoms with Crippen molar-refractivity contribution in [3.63, 3.8) is 0 Å². The normalized spacial score (nSPS) is 23.0. The van der Waals surface area contributed by atoms with Gasteiger partial charge in [-0.05, 0) is 50.1 Å². The lowest BCUT2D eigenvalue weighted by Gasteiger charge is -2.29. The van der Waals surface area contributed by atoms with Gasteiger partial charge < -0.3 is 15.5 Å². The topological polar surface area (TPSA) is 61.4 Å². The van der Waals surface area contributed by atoms with Gasteiger partial charge in [0.2, 0.25) is 11.8 Å². The molecule has 5 heteroatoms. The van der Waals surface area contributed by atoms with Gasteiger partial charge in [0.15, 0.2) is 0 Å². The van der Waals surface area contributed by atoms with Crippen LogP contribution in [0.3, 0.4) is 0 Å². The molecule has 1 aliphatic heterocycles. The summed E-state index contributed by atoms with van der Waals surface area (Å²) in [5, 5.41) is 6.11. The smallest absolute Gasteiger partial charge is 0.223 e. The van der Waals surface area contributed by atoms with Crippen molar-refractivity contribution < 1.29 is 9.59 Å². The lowest BCUT2D eigenvalue weighted by molar-refractivity contribution is -0.126. The van der Waals surface area contributed by atoms with Crippen LogP contribution in [0.4, 0.5) is 0 Å². The van der Waals surface area contributed by atoms with Crippen LogP contribution in [0.2, 0.25) is 0 Å². The number of benzene rings is 1. The van der Waals surface area contributed by atoms with Crippen LogP contribution in [0.15, 0.2) is 30.3 Å². The van der Waals surface area contributed by atoms with Crippen molar-refractivity contribution in [2.24, 2.45) is 11.8 Å². The van der Waals surface area contributed by atoms with Crippen molar-refractivity contribution in [2.75, 3.05) is 26.2 Å². The number of carbonyl (C=O) groups excluding carboxylic acids is 2. The molecule has 1 aliphatic carbocycles. The van der Waals surface area contributed by atoms with Crippen molar-refractivity contribution >= 4 is 11.8 Å². The summed E-state index contributed by atoms with van der Waals surface area (Å²) in [5.41, 5.74) is 1.12. The fourth-order valence-electron chi connectivity index (χ4n) is 4.66. The van der Waals surface area contributed by atoms with Gasteiger partial charge in [-0.1, -0.05) is 49.6 Å². The van der Waals surface area contributed by atoms with Gasteiger partial charge in [0.05, 0.1) is 0 Å². The summed E-state index contributed by atoms with van der Waals surface area (Å²) in [7, 11) is 0. The van der Waals surface area contributed by atoms with E-state index in [9.17, 15) is 9.59 Å². The molecule has 2 aliphatic rings. The molecule has 0 bridgehead atoms. The third kappa shape index (κ3) is 7.81. The molecule has 29 heavy (non-hydrogen) atoms. The molecule has 1 saturated heterocycles. The molecule has 0 radical (unpaired) electrons. The number of hydrogen-bond acceptors (Lipinski definition) is 3. The quantitative estimate of drug-likeness (QED) is 0.797. The summed E-state index contributed by atoms with van der Waals surface area (Å²) in [4.78, 5) is 27.4. The zero-order valence-corrected chi connectivity index (χ0v) is 17.7. The summed E-state index contributed by atoms with van der Waals surface area (Å²) < 4.78 is 0. The second-order valence-corrected chi connectivity index (χ2v) is 8.74. The van der Waals surface area contributed by atoms with Crippen LogP contribution < -0.4 is 10.6 Å². The van der Waals surface area contributed by atoms with Crippen LogP contribution in [0, 0.1) is 11.8 Å². The number of nitrogens with zero attached hydrogens (tertiary/aromatic N) is 1. The van der Waals surface area contributed by atoms with E-state index >= 15 is 0 Å². The van der Waals surface area contributed by atoms with Crippen LogP contribution in [0.5, 0.6) is 0 Å². The molecule has 160 valence electrons. The molecule has 2 N–H and O–H groups in total. The Morgan fingerprint density at radius 3 is 2.59 bits per heavy atom. The minimum absolute atomic E-state index is 0.0337. The van der Waals surface area contributed by atoms with E-state index in [0.29, 0.717) is 19.5 Å². The molecular formula is C24H37N3O2. The summed E-state index contributed by atoms with van der Waals surface area (Å²) in [6.45, 7) is 4.10. The van der Waals surface area contributed by atoms with E-state index in [2.05, 4.69) is 15.5 Å². The van der Waals surface area contributed by atoms with E-state index in [1.165, 1.54) is 32.1 Å². The van der Waals surface area contributed by atoms with Crippen molar-refractivity contribution in [1.82, 2.24) is 15.5 Å². The summed E-state index contributed by atoms with van der Waals surface area (Å²) in [6, 6.07) is 10.0. The van der Waals surface area contributed by atoms with Crippen molar-refractivity contribution in [2.45, 2.75) is 64.3 Å². The molecule has 5 nitrogen and oxygen atoms in total. The van der Waals surface area contributed by atoms with Gasteiger partial charge >= 0.3 is 0 Å². The summed E-state index contributed by atoms with van der Waals surface area (Å²) >= 11 is 0. The van der Waals surface area contributed by atoms with E-state index in [-0.39, 0.29) is 17.7 Å². The number of nitrogens with one attached hydrogen (secondary N) is 2. The van der Waals surface area contributed by atoms with E-state index in [1.54, 1.807) is 0 Å². The average molecular weight is 400 g/mol. The lowest BCUT2D eigenvalue weighted by Crippen LogP contribution is -2.35. The Balaban J connectivity index is 1.51. The Hall–Kier alpha value is -1.88. The highest BCUT2D eigenvalue weighted by atomic mass is 16.2. The van der Waals surface area contributed by atoms with E-state index in [0.717, 1.165) is 50.4 Å². The second kappa shape index (κ2) is 12.0. The second-order valence-electron chi connectivity index (χ2n) is 8.74. The number of carbonyl (C=O) groups is 2. The number of rotatable bonds is 5. The Morgan fingerprint density at radius 2 is 1.79 bits per heavy atom. The minimum Gasteiger partial charge on any atom is -0.356 e. The van der Waals surface area contributed by atoms with Crippen LogP contribution in [0.25, 0.3) is 0 Å². The molecule has 1 unspecified atom stereocenters. The summed E-state index contributed by atoms with van der Waals surface area (Å²) in [5.74, 6) is 0.973. The molecular weight excluding hydrogens is 362 g/mol. The van der Waals surface area contributed by atoms with Crippen molar-refractivity contribution in [3.05, 3.63) is 35.9 Å².